The van der Waals surface area contributed by atoms with Gasteiger partial charge >= 0.3 is 25.7 Å². The number of carboxylic acid groups (broad SMARTS) is 1. The molecule has 0 aromatic rings. The van der Waals surface area contributed by atoms with Crippen molar-refractivity contribution in [2.24, 2.45) is 5.73 Å². The molecule has 0 aliphatic heterocycles. The number of esters is 2. The van der Waals surface area contributed by atoms with Crippen LogP contribution in [0.15, 0.2) is 24.3 Å². The molecule has 0 rings (SSSR count). The molecule has 1 unspecified atom stereocenters. The Hall–Kier alpha value is -2.04. The van der Waals surface area contributed by atoms with E-state index in [1.165, 1.54) is 83.5 Å². The van der Waals surface area contributed by atoms with E-state index in [9.17, 15) is 23.8 Å². The highest BCUT2D eigenvalue weighted by Gasteiger charge is 2.28. The number of nitrogens with two attached hydrogens (primary N) is 1. The van der Waals surface area contributed by atoms with E-state index >= 15 is 0 Å². The maximum absolute atomic E-state index is 12.6. The van der Waals surface area contributed by atoms with Crippen LogP contribution >= 0.6 is 7.82 Å². The van der Waals surface area contributed by atoms with E-state index in [1.54, 1.807) is 0 Å². The Bertz CT molecular complexity index is 989. The Labute approximate surface area is 315 Å². The molecule has 0 saturated heterocycles. The van der Waals surface area contributed by atoms with Gasteiger partial charge in [0.2, 0.25) is 0 Å². The van der Waals surface area contributed by atoms with Gasteiger partial charge < -0.3 is 25.2 Å². The van der Waals surface area contributed by atoms with Crippen molar-refractivity contribution in [3.05, 3.63) is 24.3 Å². The van der Waals surface area contributed by atoms with Crippen molar-refractivity contribution in [3.63, 3.8) is 0 Å². The van der Waals surface area contributed by atoms with Gasteiger partial charge in [-0.3, -0.25) is 23.4 Å². The average Bonchev–Trinajstić information content (AvgIpc) is 3.12. The van der Waals surface area contributed by atoms with Gasteiger partial charge in [0.25, 0.3) is 0 Å². The number of allylic oxidation sites excluding steroid dienone is 4. The summed E-state index contributed by atoms with van der Waals surface area (Å²) in [6.45, 7) is 2.75. The summed E-state index contributed by atoms with van der Waals surface area (Å²) in [4.78, 5) is 45.8. The minimum Gasteiger partial charge on any atom is -0.480 e. The SMILES string of the molecule is CCCCC/C=C/C/C=C/CCCCCCCCCC(=O)O[C@@H](COC(=O)CCCCCCCCCCCCC)COP(=O)(O)OC[C@H](N)C(=O)O. The molecule has 12 heteroatoms. The number of unbranched alkanes of at least 4 members (excludes halogenated alkanes) is 20. The lowest BCUT2D eigenvalue weighted by atomic mass is 10.1. The van der Waals surface area contributed by atoms with E-state index in [2.05, 4.69) is 42.7 Å². The predicted octanol–water partition coefficient (Wildman–Crippen LogP) is 10.3. The fraction of sp³-hybridized carbons (Fsp3) is 0.825. The molecular formula is C40H74NO10P. The fourth-order valence-electron chi connectivity index (χ4n) is 5.45. The number of carbonyl (C=O) groups is 3. The second-order valence-electron chi connectivity index (χ2n) is 13.8. The van der Waals surface area contributed by atoms with Gasteiger partial charge in [0.05, 0.1) is 13.2 Å². The van der Waals surface area contributed by atoms with Gasteiger partial charge in [-0.2, -0.15) is 0 Å². The molecule has 0 aromatic carbocycles. The molecule has 0 radical (unpaired) electrons. The molecule has 0 aromatic heterocycles. The first-order valence-corrected chi connectivity index (χ1v) is 21.9. The molecular weight excluding hydrogens is 685 g/mol. The van der Waals surface area contributed by atoms with Gasteiger partial charge in [-0.25, -0.2) is 4.57 Å². The molecule has 0 spiro atoms. The van der Waals surface area contributed by atoms with E-state index in [1.807, 2.05) is 0 Å². The van der Waals surface area contributed by atoms with E-state index in [0.717, 1.165) is 57.8 Å². The standard InChI is InChI=1S/C40H74NO10P/c1-3-5-7-9-11-13-15-16-17-18-19-20-22-24-26-28-30-32-39(43)51-36(34-49-52(46,47)50-35-37(41)40(44)45)33-48-38(42)31-29-27-25-23-21-14-12-10-8-6-4-2/h11,13,16-17,36-37H,3-10,12,14-15,18-35,41H2,1-2H3,(H,44,45)(H,46,47)/b13-11+,17-16+/t36-,37-/m0/s1. The summed E-state index contributed by atoms with van der Waals surface area (Å²) in [5.74, 6) is -2.38. The Balaban J connectivity index is 4.39. The van der Waals surface area contributed by atoms with Crippen molar-refractivity contribution in [2.45, 2.75) is 193 Å². The second kappa shape index (κ2) is 36.0. The van der Waals surface area contributed by atoms with Gasteiger partial charge in [-0.15, -0.1) is 0 Å². The fourth-order valence-corrected chi connectivity index (χ4v) is 6.23. The maximum Gasteiger partial charge on any atom is 0.472 e. The number of hydrogen-bond acceptors (Lipinski definition) is 9. The minimum absolute atomic E-state index is 0.155. The van der Waals surface area contributed by atoms with Crippen molar-refractivity contribution >= 4 is 25.7 Å². The van der Waals surface area contributed by atoms with Crippen LogP contribution in [0.4, 0.5) is 0 Å². The summed E-state index contributed by atoms with van der Waals surface area (Å²) < 4.78 is 32.6. The van der Waals surface area contributed by atoms with E-state index in [0.29, 0.717) is 12.8 Å². The van der Waals surface area contributed by atoms with E-state index in [-0.39, 0.29) is 19.4 Å². The number of ether oxygens (including phenoxy) is 2. The highest BCUT2D eigenvalue weighted by atomic mass is 31.2. The number of aliphatic carboxylic acids is 1. The lowest BCUT2D eigenvalue weighted by molar-refractivity contribution is -0.161. The van der Waals surface area contributed by atoms with Crippen molar-refractivity contribution in [1.82, 2.24) is 0 Å². The van der Waals surface area contributed by atoms with Crippen LogP contribution in [0.25, 0.3) is 0 Å². The van der Waals surface area contributed by atoms with Crippen LogP contribution in [-0.2, 0) is 37.5 Å². The summed E-state index contributed by atoms with van der Waals surface area (Å²) in [5.41, 5.74) is 5.32. The molecule has 0 heterocycles. The van der Waals surface area contributed by atoms with Crippen molar-refractivity contribution in [3.8, 4) is 0 Å². The predicted molar refractivity (Wildman–Crippen MR) is 208 cm³/mol. The molecule has 3 atom stereocenters. The van der Waals surface area contributed by atoms with E-state index < -0.39 is 51.1 Å². The third-order valence-electron chi connectivity index (χ3n) is 8.70. The summed E-state index contributed by atoms with van der Waals surface area (Å²) in [6.07, 6.45) is 35.3. The summed E-state index contributed by atoms with van der Waals surface area (Å²) >= 11 is 0. The molecule has 0 fully saturated rings. The van der Waals surface area contributed by atoms with Crippen LogP contribution in [0.5, 0.6) is 0 Å². The Morgan fingerprint density at radius 1 is 0.596 bits per heavy atom. The number of carbonyl (C=O) groups excluding carboxylic acids is 2. The normalized spacial score (nSPS) is 14.1. The van der Waals surface area contributed by atoms with Gasteiger partial charge in [0.1, 0.15) is 12.6 Å². The molecule has 0 aliphatic rings. The van der Waals surface area contributed by atoms with Gasteiger partial charge in [-0.05, 0) is 44.9 Å². The molecule has 4 N–H and O–H groups in total. The third kappa shape index (κ3) is 35.0. The van der Waals surface area contributed by atoms with Crippen LogP contribution in [0, 0.1) is 0 Å². The summed E-state index contributed by atoms with van der Waals surface area (Å²) in [6, 6.07) is -1.52. The summed E-state index contributed by atoms with van der Waals surface area (Å²) in [5, 5.41) is 8.87. The zero-order valence-corrected chi connectivity index (χ0v) is 33.5. The van der Waals surface area contributed by atoms with Crippen LogP contribution in [0.1, 0.15) is 181 Å². The first-order chi connectivity index (χ1) is 25.1. The zero-order chi connectivity index (χ0) is 38.5. The monoisotopic (exact) mass is 760 g/mol. The zero-order valence-electron chi connectivity index (χ0n) is 32.7. The average molecular weight is 760 g/mol. The van der Waals surface area contributed by atoms with Crippen molar-refractivity contribution in [2.75, 3.05) is 19.8 Å². The largest absolute Gasteiger partial charge is 0.480 e. The number of carboxylic acids is 1. The summed E-state index contributed by atoms with van der Waals surface area (Å²) in [7, 11) is -4.71. The lowest BCUT2D eigenvalue weighted by Crippen LogP contribution is -2.34. The molecule has 52 heavy (non-hydrogen) atoms. The topological polar surface area (TPSA) is 172 Å². The number of phosphoric ester groups is 1. The molecule has 304 valence electrons. The van der Waals surface area contributed by atoms with Crippen LogP contribution in [-0.4, -0.2) is 59.9 Å². The van der Waals surface area contributed by atoms with Crippen LogP contribution in [0.3, 0.4) is 0 Å². The molecule has 0 aliphatic carbocycles. The van der Waals surface area contributed by atoms with Gasteiger partial charge in [0, 0.05) is 12.8 Å². The minimum atomic E-state index is -4.71. The number of rotatable bonds is 38. The van der Waals surface area contributed by atoms with Gasteiger partial charge in [-0.1, -0.05) is 147 Å². The molecule has 0 bridgehead atoms. The Morgan fingerprint density at radius 3 is 1.54 bits per heavy atom. The Kier molecular flexibility index (Phi) is 34.6. The number of hydrogen-bond donors (Lipinski definition) is 3. The first-order valence-electron chi connectivity index (χ1n) is 20.4. The quantitative estimate of drug-likeness (QED) is 0.0237. The number of phosphoric acid groups is 1. The molecule has 0 saturated carbocycles. The highest BCUT2D eigenvalue weighted by molar-refractivity contribution is 7.47. The molecule has 11 nitrogen and oxygen atoms in total. The Morgan fingerprint density at radius 2 is 1.02 bits per heavy atom. The first kappa shape index (κ1) is 50.0. The van der Waals surface area contributed by atoms with Crippen molar-refractivity contribution < 1.29 is 47.5 Å². The maximum atomic E-state index is 12.6. The smallest absolute Gasteiger partial charge is 0.472 e. The van der Waals surface area contributed by atoms with E-state index in [4.69, 9.17) is 24.8 Å². The van der Waals surface area contributed by atoms with Crippen molar-refractivity contribution in [1.29, 1.82) is 0 Å². The van der Waals surface area contributed by atoms with Crippen LogP contribution in [0.2, 0.25) is 0 Å². The highest BCUT2D eigenvalue weighted by Crippen LogP contribution is 2.43. The van der Waals surface area contributed by atoms with Crippen LogP contribution < -0.4 is 5.73 Å². The molecule has 0 amide bonds. The second-order valence-corrected chi connectivity index (χ2v) is 15.2. The third-order valence-corrected chi connectivity index (χ3v) is 9.65. The van der Waals surface area contributed by atoms with Gasteiger partial charge in [0.15, 0.2) is 6.10 Å². The lowest BCUT2D eigenvalue weighted by Gasteiger charge is -2.20.